The summed E-state index contributed by atoms with van der Waals surface area (Å²) >= 11 is 11.8. The zero-order valence-corrected chi connectivity index (χ0v) is 11.2. The highest BCUT2D eigenvalue weighted by atomic mass is 35.5. The molecule has 0 heterocycles. The van der Waals surface area contributed by atoms with Crippen LogP contribution < -0.4 is 4.74 Å². The molecule has 1 aromatic carbocycles. The topological polar surface area (TPSA) is 18.5 Å². The van der Waals surface area contributed by atoms with Gasteiger partial charge in [0.1, 0.15) is 5.75 Å². The predicted octanol–water partition coefficient (Wildman–Crippen LogP) is 4.19. The molecule has 0 aliphatic rings. The fraction of sp³-hybridized carbons (Fsp3) is 0.500. The van der Waals surface area contributed by atoms with Gasteiger partial charge in [0.25, 0.3) is 0 Å². The summed E-state index contributed by atoms with van der Waals surface area (Å²) < 4.78 is 10.8. The lowest BCUT2D eigenvalue weighted by atomic mass is 10.1. The summed E-state index contributed by atoms with van der Waals surface area (Å²) in [5.74, 6) is 0.612. The quantitative estimate of drug-likeness (QED) is 0.793. The van der Waals surface area contributed by atoms with Crippen LogP contribution in [0.3, 0.4) is 0 Å². The third-order valence-corrected chi connectivity index (χ3v) is 2.95. The van der Waals surface area contributed by atoms with Gasteiger partial charge in [0, 0.05) is 24.6 Å². The second kappa shape index (κ2) is 5.76. The van der Waals surface area contributed by atoms with E-state index in [0.717, 1.165) is 6.42 Å². The molecule has 1 rings (SSSR count). The Labute approximate surface area is 106 Å². The van der Waals surface area contributed by atoms with Crippen LogP contribution in [0.2, 0.25) is 10.0 Å². The van der Waals surface area contributed by atoms with Gasteiger partial charge in [0.2, 0.25) is 0 Å². The lowest BCUT2D eigenvalue weighted by Crippen LogP contribution is -2.25. The third-order valence-electron chi connectivity index (χ3n) is 2.41. The van der Waals surface area contributed by atoms with Gasteiger partial charge in [0.15, 0.2) is 0 Å². The summed E-state index contributed by atoms with van der Waals surface area (Å²) in [6.07, 6.45) is 0.784. The van der Waals surface area contributed by atoms with E-state index in [1.54, 1.807) is 25.3 Å². The smallest absolute Gasteiger partial charge is 0.139 e. The molecule has 0 fully saturated rings. The third kappa shape index (κ3) is 4.20. The van der Waals surface area contributed by atoms with E-state index in [0.29, 0.717) is 22.4 Å². The summed E-state index contributed by atoms with van der Waals surface area (Å²) in [4.78, 5) is 0. The van der Waals surface area contributed by atoms with E-state index in [2.05, 4.69) is 0 Å². The number of rotatable bonds is 5. The maximum absolute atomic E-state index is 5.97. The van der Waals surface area contributed by atoms with Crippen LogP contribution in [0.5, 0.6) is 5.75 Å². The van der Waals surface area contributed by atoms with Gasteiger partial charge in [-0.15, -0.1) is 0 Å². The van der Waals surface area contributed by atoms with Crippen molar-refractivity contribution in [2.45, 2.75) is 25.9 Å². The van der Waals surface area contributed by atoms with Crippen LogP contribution in [0.1, 0.15) is 20.3 Å². The molecule has 0 amide bonds. The van der Waals surface area contributed by atoms with Gasteiger partial charge < -0.3 is 9.47 Å². The molecule has 0 N–H and O–H groups in total. The van der Waals surface area contributed by atoms with E-state index < -0.39 is 0 Å². The largest absolute Gasteiger partial charge is 0.492 e. The molecule has 16 heavy (non-hydrogen) atoms. The van der Waals surface area contributed by atoms with E-state index in [1.165, 1.54) is 0 Å². The van der Waals surface area contributed by atoms with Gasteiger partial charge >= 0.3 is 0 Å². The van der Waals surface area contributed by atoms with Crippen LogP contribution in [-0.2, 0) is 4.74 Å². The minimum absolute atomic E-state index is 0.189. The van der Waals surface area contributed by atoms with Crippen LogP contribution in [0, 0.1) is 0 Å². The van der Waals surface area contributed by atoms with Crippen LogP contribution in [0.25, 0.3) is 0 Å². The average molecular weight is 263 g/mol. The zero-order chi connectivity index (χ0) is 12.2. The van der Waals surface area contributed by atoms with Crippen molar-refractivity contribution in [3.05, 3.63) is 28.2 Å². The predicted molar refractivity (Wildman–Crippen MR) is 67.7 cm³/mol. The summed E-state index contributed by atoms with van der Waals surface area (Å²) in [5.41, 5.74) is -0.189. The number of hydrogen-bond acceptors (Lipinski definition) is 2. The zero-order valence-electron chi connectivity index (χ0n) is 9.72. The van der Waals surface area contributed by atoms with Crippen LogP contribution in [0.15, 0.2) is 18.2 Å². The van der Waals surface area contributed by atoms with E-state index in [9.17, 15) is 0 Å². The Balaban J connectivity index is 2.52. The fourth-order valence-electron chi connectivity index (χ4n) is 1.10. The van der Waals surface area contributed by atoms with Crippen molar-refractivity contribution in [2.75, 3.05) is 13.7 Å². The minimum Gasteiger partial charge on any atom is -0.492 e. The molecular formula is C12H16Cl2O2. The Bertz CT molecular complexity index is 351. The van der Waals surface area contributed by atoms with Crippen LogP contribution >= 0.6 is 23.2 Å². The van der Waals surface area contributed by atoms with Crippen molar-refractivity contribution >= 4 is 23.2 Å². The fourth-order valence-corrected chi connectivity index (χ4v) is 1.43. The maximum atomic E-state index is 5.97. The Morgan fingerprint density at radius 3 is 2.56 bits per heavy atom. The molecule has 1 aromatic rings. The van der Waals surface area contributed by atoms with E-state index in [4.69, 9.17) is 32.7 Å². The minimum atomic E-state index is -0.189. The summed E-state index contributed by atoms with van der Waals surface area (Å²) in [5, 5.41) is 1.19. The van der Waals surface area contributed by atoms with Gasteiger partial charge in [-0.25, -0.2) is 0 Å². The van der Waals surface area contributed by atoms with Crippen molar-refractivity contribution in [2.24, 2.45) is 0 Å². The van der Waals surface area contributed by atoms with Gasteiger partial charge in [-0.1, -0.05) is 23.2 Å². The van der Waals surface area contributed by atoms with E-state index >= 15 is 0 Å². The first-order valence-electron chi connectivity index (χ1n) is 5.07. The maximum Gasteiger partial charge on any atom is 0.139 e. The van der Waals surface area contributed by atoms with Crippen LogP contribution in [0.4, 0.5) is 0 Å². The van der Waals surface area contributed by atoms with Gasteiger partial charge in [-0.3, -0.25) is 0 Å². The van der Waals surface area contributed by atoms with Crippen molar-refractivity contribution in [3.8, 4) is 5.75 Å². The molecule has 2 nitrogen and oxygen atoms in total. The summed E-state index contributed by atoms with van der Waals surface area (Å²) in [6, 6.07) is 5.17. The molecule has 0 aliphatic heterocycles. The first-order valence-corrected chi connectivity index (χ1v) is 5.83. The monoisotopic (exact) mass is 262 g/mol. The molecule has 4 heteroatoms. The lowest BCUT2D eigenvalue weighted by molar-refractivity contribution is 0.00546. The molecular weight excluding hydrogens is 247 g/mol. The van der Waals surface area contributed by atoms with E-state index in [1.807, 2.05) is 13.8 Å². The first-order chi connectivity index (χ1) is 7.44. The SMILES string of the molecule is COC(C)(C)CCOc1cc(Cl)ccc1Cl. The van der Waals surface area contributed by atoms with Gasteiger partial charge in [-0.05, 0) is 26.0 Å². The molecule has 0 unspecified atom stereocenters. The van der Waals surface area contributed by atoms with Gasteiger partial charge in [0.05, 0.1) is 17.2 Å². The van der Waals surface area contributed by atoms with Crippen molar-refractivity contribution in [1.29, 1.82) is 0 Å². The normalized spacial score (nSPS) is 11.6. The van der Waals surface area contributed by atoms with Gasteiger partial charge in [-0.2, -0.15) is 0 Å². The molecule has 0 spiro atoms. The van der Waals surface area contributed by atoms with Crippen molar-refractivity contribution < 1.29 is 9.47 Å². The van der Waals surface area contributed by atoms with Crippen molar-refractivity contribution in [1.82, 2.24) is 0 Å². The molecule has 0 bridgehead atoms. The summed E-state index contributed by atoms with van der Waals surface area (Å²) in [6.45, 7) is 4.56. The average Bonchev–Trinajstić information content (AvgIpc) is 2.23. The number of halogens is 2. The highest BCUT2D eigenvalue weighted by Gasteiger charge is 2.16. The van der Waals surface area contributed by atoms with Crippen LogP contribution in [-0.4, -0.2) is 19.3 Å². The number of methoxy groups -OCH3 is 1. The molecule has 0 aliphatic carbocycles. The Hall–Kier alpha value is -0.440. The standard InChI is InChI=1S/C12H16Cl2O2/c1-12(2,15-3)6-7-16-11-8-9(13)4-5-10(11)14/h4-5,8H,6-7H2,1-3H3. The molecule has 0 saturated carbocycles. The Morgan fingerprint density at radius 2 is 1.94 bits per heavy atom. The molecule has 0 saturated heterocycles. The molecule has 0 aromatic heterocycles. The first kappa shape index (κ1) is 13.6. The number of hydrogen-bond donors (Lipinski definition) is 0. The number of ether oxygens (including phenoxy) is 2. The second-order valence-electron chi connectivity index (χ2n) is 4.14. The Kier molecular flexibility index (Phi) is 4.90. The molecule has 90 valence electrons. The number of benzene rings is 1. The highest BCUT2D eigenvalue weighted by molar-refractivity contribution is 6.34. The molecule has 0 radical (unpaired) electrons. The highest BCUT2D eigenvalue weighted by Crippen LogP contribution is 2.28. The summed E-state index contributed by atoms with van der Waals surface area (Å²) in [7, 11) is 1.69. The van der Waals surface area contributed by atoms with Crippen molar-refractivity contribution in [3.63, 3.8) is 0 Å². The Morgan fingerprint density at radius 1 is 1.25 bits per heavy atom. The second-order valence-corrected chi connectivity index (χ2v) is 4.98. The molecule has 0 atom stereocenters. The van der Waals surface area contributed by atoms with E-state index in [-0.39, 0.29) is 5.60 Å². The lowest BCUT2D eigenvalue weighted by Gasteiger charge is -2.22.